The van der Waals surface area contributed by atoms with Gasteiger partial charge in [-0.3, -0.25) is 13.9 Å². The molecule has 0 saturated carbocycles. The zero-order valence-electron chi connectivity index (χ0n) is 22.7. The van der Waals surface area contributed by atoms with E-state index in [1.165, 1.54) is 29.2 Å². The van der Waals surface area contributed by atoms with E-state index in [1.54, 1.807) is 55.5 Å². The van der Waals surface area contributed by atoms with Gasteiger partial charge in [-0.25, -0.2) is 8.42 Å². The molecule has 3 aromatic carbocycles. The Kier molecular flexibility index (Phi) is 10.5. The van der Waals surface area contributed by atoms with Crippen LogP contribution in [0.25, 0.3) is 0 Å². The van der Waals surface area contributed by atoms with Crippen molar-refractivity contribution in [3.05, 3.63) is 93.4 Å². The minimum atomic E-state index is -4.20. The molecular formula is C29H32Cl3N3O4S. The standard InChI is InChI=1S/C29H32Cl3N3O4S/c1-5-26(28(37)33-29(2,3)4)34(18-23-24(31)12-9-13-25(23)32)27(36)19-35(21-10-7-6-8-11-21)40(38,39)22-16-14-20(30)15-17-22/h6-17,26H,5,18-19H2,1-4H3,(H,33,37). The fourth-order valence-electron chi connectivity index (χ4n) is 4.08. The Hall–Kier alpha value is -2.78. The van der Waals surface area contributed by atoms with Crippen molar-refractivity contribution in [1.82, 2.24) is 10.2 Å². The van der Waals surface area contributed by atoms with Crippen molar-refractivity contribution < 1.29 is 18.0 Å². The average molecular weight is 625 g/mol. The second-order valence-electron chi connectivity index (χ2n) is 10.2. The molecule has 1 N–H and O–H groups in total. The van der Waals surface area contributed by atoms with Crippen LogP contribution in [0.15, 0.2) is 77.7 Å². The van der Waals surface area contributed by atoms with Gasteiger partial charge in [0.25, 0.3) is 10.0 Å². The number of sulfonamides is 1. The van der Waals surface area contributed by atoms with Crippen LogP contribution >= 0.6 is 34.8 Å². The summed E-state index contributed by atoms with van der Waals surface area (Å²) in [5.74, 6) is -0.980. The Morgan fingerprint density at radius 2 is 1.45 bits per heavy atom. The molecule has 3 aromatic rings. The predicted octanol–water partition coefficient (Wildman–Crippen LogP) is 6.56. The first-order valence-electron chi connectivity index (χ1n) is 12.6. The number of para-hydroxylation sites is 1. The first-order valence-corrected chi connectivity index (χ1v) is 15.2. The number of amides is 2. The molecule has 1 atom stereocenters. The van der Waals surface area contributed by atoms with Gasteiger partial charge in [-0.2, -0.15) is 0 Å². The highest BCUT2D eigenvalue weighted by molar-refractivity contribution is 7.92. The zero-order valence-corrected chi connectivity index (χ0v) is 25.8. The summed E-state index contributed by atoms with van der Waals surface area (Å²) in [7, 11) is -4.20. The molecular weight excluding hydrogens is 593 g/mol. The van der Waals surface area contributed by atoms with Crippen LogP contribution in [0, 0.1) is 0 Å². The Morgan fingerprint density at radius 1 is 0.875 bits per heavy atom. The number of nitrogens with one attached hydrogen (secondary N) is 1. The Labute approximate surface area is 251 Å². The highest BCUT2D eigenvalue weighted by atomic mass is 35.5. The third-order valence-electron chi connectivity index (χ3n) is 6.00. The Morgan fingerprint density at radius 3 is 1.98 bits per heavy atom. The topological polar surface area (TPSA) is 86.8 Å². The molecule has 11 heteroatoms. The number of hydrogen-bond donors (Lipinski definition) is 1. The highest BCUT2D eigenvalue weighted by Crippen LogP contribution is 2.29. The van der Waals surface area contributed by atoms with Crippen LogP contribution in [0.3, 0.4) is 0 Å². The fraction of sp³-hybridized carbons (Fsp3) is 0.310. The maximum Gasteiger partial charge on any atom is 0.264 e. The average Bonchev–Trinajstić information content (AvgIpc) is 2.88. The molecule has 0 radical (unpaired) electrons. The summed E-state index contributed by atoms with van der Waals surface area (Å²) in [5, 5.41) is 3.95. The number of halogens is 3. The lowest BCUT2D eigenvalue weighted by molar-refractivity contribution is -0.141. The van der Waals surface area contributed by atoms with Gasteiger partial charge in [-0.1, -0.05) is 66.0 Å². The van der Waals surface area contributed by atoms with Crippen molar-refractivity contribution in [3.8, 4) is 0 Å². The van der Waals surface area contributed by atoms with Gasteiger partial charge in [0.1, 0.15) is 12.6 Å². The molecule has 0 heterocycles. The summed E-state index contributed by atoms with van der Waals surface area (Å²) in [5.41, 5.74) is 0.177. The summed E-state index contributed by atoms with van der Waals surface area (Å²) >= 11 is 18.9. The molecule has 0 aliphatic carbocycles. The second kappa shape index (κ2) is 13.3. The molecule has 40 heavy (non-hydrogen) atoms. The molecule has 0 aliphatic rings. The van der Waals surface area contributed by atoms with Crippen LogP contribution in [0.1, 0.15) is 39.7 Å². The van der Waals surface area contributed by atoms with Gasteiger partial charge in [0.05, 0.1) is 10.6 Å². The summed E-state index contributed by atoms with van der Waals surface area (Å²) in [4.78, 5) is 28.8. The van der Waals surface area contributed by atoms with Crippen molar-refractivity contribution in [2.75, 3.05) is 10.8 Å². The monoisotopic (exact) mass is 623 g/mol. The molecule has 0 bridgehead atoms. The number of carbonyl (C=O) groups excluding carboxylic acids is 2. The molecule has 1 unspecified atom stereocenters. The van der Waals surface area contributed by atoms with E-state index < -0.39 is 34.1 Å². The van der Waals surface area contributed by atoms with Gasteiger partial charge in [-0.05, 0) is 75.7 Å². The van der Waals surface area contributed by atoms with Gasteiger partial charge in [0.2, 0.25) is 11.8 Å². The number of rotatable bonds is 10. The molecule has 2 amide bonds. The number of nitrogens with zero attached hydrogens (tertiary/aromatic N) is 2. The number of anilines is 1. The third kappa shape index (κ3) is 7.91. The van der Waals surface area contributed by atoms with Gasteiger partial charge < -0.3 is 10.2 Å². The van der Waals surface area contributed by atoms with Gasteiger partial charge in [-0.15, -0.1) is 0 Å². The quantitative estimate of drug-likeness (QED) is 0.277. The van der Waals surface area contributed by atoms with Crippen LogP contribution in [-0.4, -0.2) is 43.3 Å². The largest absolute Gasteiger partial charge is 0.350 e. The van der Waals surface area contributed by atoms with Gasteiger partial charge in [0.15, 0.2) is 0 Å². The fourth-order valence-corrected chi connectivity index (χ4v) is 6.14. The van der Waals surface area contributed by atoms with E-state index in [9.17, 15) is 18.0 Å². The first-order chi connectivity index (χ1) is 18.7. The molecule has 0 aliphatic heterocycles. The molecule has 0 aromatic heterocycles. The number of benzene rings is 3. The van der Waals surface area contributed by atoms with E-state index >= 15 is 0 Å². The Balaban J connectivity index is 2.09. The zero-order chi connectivity index (χ0) is 29.7. The van der Waals surface area contributed by atoms with E-state index in [-0.39, 0.29) is 29.5 Å². The lowest BCUT2D eigenvalue weighted by atomic mass is 10.1. The van der Waals surface area contributed by atoms with Gasteiger partial charge >= 0.3 is 0 Å². The number of hydrogen-bond acceptors (Lipinski definition) is 4. The highest BCUT2D eigenvalue weighted by Gasteiger charge is 2.35. The van der Waals surface area contributed by atoms with Crippen molar-refractivity contribution in [3.63, 3.8) is 0 Å². The molecule has 7 nitrogen and oxygen atoms in total. The van der Waals surface area contributed by atoms with Crippen molar-refractivity contribution in [2.24, 2.45) is 0 Å². The maximum absolute atomic E-state index is 14.1. The van der Waals surface area contributed by atoms with E-state index in [0.29, 0.717) is 20.6 Å². The Bertz CT molecular complexity index is 1420. The lowest BCUT2D eigenvalue weighted by Crippen LogP contribution is -2.55. The summed E-state index contributed by atoms with van der Waals surface area (Å²) < 4.78 is 28.7. The molecule has 214 valence electrons. The maximum atomic E-state index is 14.1. The van der Waals surface area contributed by atoms with Crippen LogP contribution in [0.4, 0.5) is 5.69 Å². The predicted molar refractivity (Wildman–Crippen MR) is 161 cm³/mol. The van der Waals surface area contributed by atoms with Crippen LogP contribution in [0.5, 0.6) is 0 Å². The van der Waals surface area contributed by atoms with Crippen molar-refractivity contribution >= 4 is 62.3 Å². The van der Waals surface area contributed by atoms with E-state index in [1.807, 2.05) is 20.8 Å². The normalized spacial score (nSPS) is 12.5. The minimum Gasteiger partial charge on any atom is -0.350 e. The van der Waals surface area contributed by atoms with E-state index in [4.69, 9.17) is 34.8 Å². The molecule has 0 saturated heterocycles. The second-order valence-corrected chi connectivity index (χ2v) is 13.3. The summed E-state index contributed by atoms with van der Waals surface area (Å²) in [6.45, 7) is 6.62. The van der Waals surface area contributed by atoms with Crippen LogP contribution in [0.2, 0.25) is 15.1 Å². The SMILES string of the molecule is CCC(C(=O)NC(C)(C)C)N(Cc1c(Cl)cccc1Cl)C(=O)CN(c1ccccc1)S(=O)(=O)c1ccc(Cl)cc1. The molecule has 3 rings (SSSR count). The third-order valence-corrected chi connectivity index (χ3v) is 8.75. The molecule has 0 spiro atoms. The minimum absolute atomic E-state index is 0.0354. The molecule has 0 fully saturated rings. The van der Waals surface area contributed by atoms with Crippen molar-refractivity contribution in [1.29, 1.82) is 0 Å². The number of carbonyl (C=O) groups is 2. The first kappa shape index (κ1) is 31.7. The van der Waals surface area contributed by atoms with E-state index in [2.05, 4.69) is 5.32 Å². The smallest absolute Gasteiger partial charge is 0.264 e. The van der Waals surface area contributed by atoms with E-state index in [0.717, 1.165) is 4.31 Å². The van der Waals surface area contributed by atoms with Crippen LogP contribution < -0.4 is 9.62 Å². The van der Waals surface area contributed by atoms with Crippen LogP contribution in [-0.2, 0) is 26.2 Å². The van der Waals surface area contributed by atoms with Gasteiger partial charge in [0, 0.05) is 32.7 Å². The summed E-state index contributed by atoms with van der Waals surface area (Å²) in [6.07, 6.45) is 0.269. The van der Waals surface area contributed by atoms with Crippen molar-refractivity contribution in [2.45, 2.75) is 57.1 Å². The summed E-state index contributed by atoms with van der Waals surface area (Å²) in [6, 6.07) is 18.0. The lowest BCUT2D eigenvalue weighted by Gasteiger charge is -2.35.